The summed E-state index contributed by atoms with van der Waals surface area (Å²) in [6, 6.07) is 7.01. The van der Waals surface area contributed by atoms with E-state index in [1.807, 2.05) is 26.0 Å². The Morgan fingerprint density at radius 1 is 1.18 bits per heavy atom. The second-order valence-corrected chi connectivity index (χ2v) is 6.99. The zero-order valence-electron chi connectivity index (χ0n) is 10.3. The lowest BCUT2D eigenvalue weighted by atomic mass is 10.1. The lowest BCUT2D eigenvalue weighted by molar-refractivity contribution is 0.534. The number of hydrogen-bond donors (Lipinski definition) is 0. The summed E-state index contributed by atoms with van der Waals surface area (Å²) in [4.78, 5) is 0.418. The third-order valence-electron chi connectivity index (χ3n) is 2.86. The SMILES string of the molecule is Cc1ccc(S(=O)(=O)CCC(C)CCCl)cc1. The highest BCUT2D eigenvalue weighted by Crippen LogP contribution is 2.16. The summed E-state index contributed by atoms with van der Waals surface area (Å²) in [5.41, 5.74) is 1.07. The molecule has 0 spiro atoms. The molecule has 0 saturated heterocycles. The maximum Gasteiger partial charge on any atom is 0.178 e. The fourth-order valence-corrected chi connectivity index (χ4v) is 3.42. The van der Waals surface area contributed by atoms with Crippen LogP contribution in [0.25, 0.3) is 0 Å². The number of benzene rings is 1. The largest absolute Gasteiger partial charge is 0.224 e. The predicted molar refractivity (Wildman–Crippen MR) is 72.3 cm³/mol. The Morgan fingerprint density at radius 2 is 1.76 bits per heavy atom. The Labute approximate surface area is 109 Å². The first-order valence-corrected chi connectivity index (χ1v) is 8.00. The number of halogens is 1. The molecule has 0 heterocycles. The van der Waals surface area contributed by atoms with Gasteiger partial charge in [0.2, 0.25) is 0 Å². The van der Waals surface area contributed by atoms with Crippen molar-refractivity contribution in [2.45, 2.75) is 31.6 Å². The van der Waals surface area contributed by atoms with Gasteiger partial charge < -0.3 is 0 Å². The summed E-state index contributed by atoms with van der Waals surface area (Å²) in [5, 5.41) is 0. The van der Waals surface area contributed by atoms with Crippen molar-refractivity contribution in [3.05, 3.63) is 29.8 Å². The first kappa shape index (κ1) is 14.5. The topological polar surface area (TPSA) is 34.1 Å². The summed E-state index contributed by atoms with van der Waals surface area (Å²) in [6.07, 6.45) is 1.54. The second-order valence-electron chi connectivity index (χ2n) is 4.50. The van der Waals surface area contributed by atoms with E-state index in [2.05, 4.69) is 0 Å². The van der Waals surface area contributed by atoms with Gasteiger partial charge in [-0.1, -0.05) is 24.6 Å². The third kappa shape index (κ3) is 4.68. The summed E-state index contributed by atoms with van der Waals surface area (Å²) in [7, 11) is -3.13. The molecular weight excluding hydrogens is 256 g/mol. The average Bonchev–Trinajstić information content (AvgIpc) is 2.28. The van der Waals surface area contributed by atoms with Crippen LogP contribution in [0.15, 0.2) is 29.2 Å². The van der Waals surface area contributed by atoms with Gasteiger partial charge in [-0.3, -0.25) is 0 Å². The third-order valence-corrected chi connectivity index (χ3v) is 4.84. The van der Waals surface area contributed by atoms with Gasteiger partial charge in [-0.05, 0) is 37.8 Å². The van der Waals surface area contributed by atoms with Gasteiger partial charge >= 0.3 is 0 Å². The predicted octanol–water partition coefficient (Wildman–Crippen LogP) is 3.42. The molecule has 1 rings (SSSR count). The molecule has 1 aromatic carbocycles. The maximum absolute atomic E-state index is 12.0. The minimum absolute atomic E-state index is 0.202. The van der Waals surface area contributed by atoms with Crippen LogP contribution in [0.1, 0.15) is 25.3 Å². The molecule has 0 amide bonds. The normalized spacial score (nSPS) is 13.6. The van der Waals surface area contributed by atoms with Gasteiger partial charge in [-0.2, -0.15) is 0 Å². The van der Waals surface area contributed by atoms with Crippen molar-refractivity contribution in [2.24, 2.45) is 5.92 Å². The van der Waals surface area contributed by atoms with Crippen molar-refractivity contribution in [2.75, 3.05) is 11.6 Å². The Morgan fingerprint density at radius 3 is 2.29 bits per heavy atom. The maximum atomic E-state index is 12.0. The van der Waals surface area contributed by atoms with E-state index in [0.29, 0.717) is 23.1 Å². The highest BCUT2D eigenvalue weighted by atomic mass is 35.5. The van der Waals surface area contributed by atoms with Crippen LogP contribution in [-0.4, -0.2) is 20.1 Å². The molecule has 1 aromatic rings. The molecule has 0 aliphatic carbocycles. The molecule has 0 saturated carbocycles. The lowest BCUT2D eigenvalue weighted by Gasteiger charge is -2.10. The van der Waals surface area contributed by atoms with Crippen LogP contribution in [-0.2, 0) is 9.84 Å². The molecule has 0 N–H and O–H groups in total. The van der Waals surface area contributed by atoms with E-state index < -0.39 is 9.84 Å². The van der Waals surface area contributed by atoms with Gasteiger partial charge in [0.05, 0.1) is 10.6 Å². The average molecular weight is 275 g/mol. The molecule has 0 aromatic heterocycles. The molecule has 17 heavy (non-hydrogen) atoms. The van der Waals surface area contributed by atoms with Gasteiger partial charge in [0.1, 0.15) is 0 Å². The standard InChI is InChI=1S/C13H19ClO2S/c1-11-3-5-13(6-4-11)17(15,16)10-8-12(2)7-9-14/h3-6,12H,7-10H2,1-2H3. The van der Waals surface area contributed by atoms with E-state index in [0.717, 1.165) is 12.0 Å². The molecule has 0 radical (unpaired) electrons. The molecule has 1 unspecified atom stereocenters. The molecule has 0 aliphatic rings. The second kappa shape index (κ2) is 6.41. The van der Waals surface area contributed by atoms with E-state index >= 15 is 0 Å². The molecule has 4 heteroatoms. The highest BCUT2D eigenvalue weighted by molar-refractivity contribution is 7.91. The van der Waals surface area contributed by atoms with E-state index in [9.17, 15) is 8.42 Å². The lowest BCUT2D eigenvalue weighted by Crippen LogP contribution is -2.10. The minimum Gasteiger partial charge on any atom is -0.224 e. The van der Waals surface area contributed by atoms with E-state index in [4.69, 9.17) is 11.6 Å². The zero-order chi connectivity index (χ0) is 12.9. The number of sulfone groups is 1. The first-order chi connectivity index (χ1) is 7.95. The van der Waals surface area contributed by atoms with Gasteiger partial charge in [0, 0.05) is 5.88 Å². The van der Waals surface area contributed by atoms with Gasteiger partial charge in [-0.15, -0.1) is 11.6 Å². The van der Waals surface area contributed by atoms with E-state index in [-0.39, 0.29) is 5.75 Å². The van der Waals surface area contributed by atoms with Crippen LogP contribution in [0.4, 0.5) is 0 Å². The van der Waals surface area contributed by atoms with Gasteiger partial charge in [0.15, 0.2) is 9.84 Å². The smallest absolute Gasteiger partial charge is 0.178 e. The highest BCUT2D eigenvalue weighted by Gasteiger charge is 2.15. The van der Waals surface area contributed by atoms with E-state index in [1.165, 1.54) is 0 Å². The Kier molecular flexibility index (Phi) is 5.47. The Bertz CT molecular complexity index is 437. The summed E-state index contributed by atoms with van der Waals surface area (Å²) < 4.78 is 24.0. The molecule has 2 nitrogen and oxygen atoms in total. The number of alkyl halides is 1. The van der Waals surface area contributed by atoms with Crippen LogP contribution in [0.3, 0.4) is 0 Å². The molecule has 96 valence electrons. The van der Waals surface area contributed by atoms with Crippen molar-refractivity contribution in [1.29, 1.82) is 0 Å². The number of hydrogen-bond acceptors (Lipinski definition) is 2. The van der Waals surface area contributed by atoms with Gasteiger partial charge in [0.25, 0.3) is 0 Å². The molecular formula is C13H19ClO2S. The van der Waals surface area contributed by atoms with Crippen molar-refractivity contribution in [3.63, 3.8) is 0 Å². The molecule has 0 aliphatic heterocycles. The quantitative estimate of drug-likeness (QED) is 0.745. The first-order valence-electron chi connectivity index (χ1n) is 5.81. The van der Waals surface area contributed by atoms with Gasteiger partial charge in [-0.25, -0.2) is 8.42 Å². The van der Waals surface area contributed by atoms with Crippen LogP contribution >= 0.6 is 11.6 Å². The van der Waals surface area contributed by atoms with Crippen LogP contribution in [0, 0.1) is 12.8 Å². The molecule has 0 bridgehead atoms. The van der Waals surface area contributed by atoms with Crippen molar-refractivity contribution < 1.29 is 8.42 Å². The number of rotatable bonds is 6. The Hall–Kier alpha value is -0.540. The summed E-state index contributed by atoms with van der Waals surface area (Å²) in [6.45, 7) is 3.98. The Balaban J connectivity index is 2.66. The fourth-order valence-electron chi connectivity index (χ4n) is 1.55. The monoisotopic (exact) mass is 274 g/mol. The van der Waals surface area contributed by atoms with Crippen LogP contribution in [0.5, 0.6) is 0 Å². The van der Waals surface area contributed by atoms with Crippen LogP contribution in [0.2, 0.25) is 0 Å². The van der Waals surface area contributed by atoms with E-state index in [1.54, 1.807) is 12.1 Å². The van der Waals surface area contributed by atoms with Crippen molar-refractivity contribution in [3.8, 4) is 0 Å². The fraction of sp³-hybridized carbons (Fsp3) is 0.538. The minimum atomic E-state index is -3.13. The summed E-state index contributed by atoms with van der Waals surface area (Å²) in [5.74, 6) is 1.15. The molecule has 0 fully saturated rings. The van der Waals surface area contributed by atoms with Crippen molar-refractivity contribution >= 4 is 21.4 Å². The summed E-state index contributed by atoms with van der Waals surface area (Å²) >= 11 is 5.63. The zero-order valence-corrected chi connectivity index (χ0v) is 11.9. The van der Waals surface area contributed by atoms with Crippen molar-refractivity contribution in [1.82, 2.24) is 0 Å². The number of aryl methyl sites for hydroxylation is 1. The van der Waals surface area contributed by atoms with Crippen LogP contribution < -0.4 is 0 Å². The molecule has 1 atom stereocenters.